The fourth-order valence-electron chi connectivity index (χ4n) is 2.56. The molecule has 0 bridgehead atoms. The van der Waals surface area contributed by atoms with Gasteiger partial charge in [-0.2, -0.15) is 0 Å². The van der Waals surface area contributed by atoms with E-state index < -0.39 is 0 Å². The van der Waals surface area contributed by atoms with Crippen LogP contribution in [0.15, 0.2) is 54.6 Å². The highest BCUT2D eigenvalue weighted by Gasteiger charge is 2.17. The lowest BCUT2D eigenvalue weighted by Crippen LogP contribution is -2.28. The van der Waals surface area contributed by atoms with E-state index in [2.05, 4.69) is 44.3 Å². The highest BCUT2D eigenvalue weighted by molar-refractivity contribution is 5.93. The molecule has 23 heavy (non-hydrogen) atoms. The number of hydrogen-bond donors (Lipinski definition) is 1. The summed E-state index contributed by atoms with van der Waals surface area (Å²) in [6.07, 6.45) is 0.462. The van der Waals surface area contributed by atoms with Crippen molar-refractivity contribution in [3.63, 3.8) is 0 Å². The first kappa shape index (κ1) is 17.1. The first-order valence-electron chi connectivity index (χ1n) is 8.04. The van der Waals surface area contributed by atoms with Gasteiger partial charge in [0.15, 0.2) is 0 Å². The van der Waals surface area contributed by atoms with Crippen molar-refractivity contribution in [2.45, 2.75) is 32.6 Å². The summed E-state index contributed by atoms with van der Waals surface area (Å²) in [6.45, 7) is 7.22. The number of anilines is 2. The highest BCUT2D eigenvalue weighted by atomic mass is 16.2. The standard InChI is InChI=1S/C20H26N2O/c1-20(2,3)17-12-8-9-13-18(17)21-15-14-19(23)22(4)16-10-6-5-7-11-16/h5-13,21H,14-15H2,1-4H3. The quantitative estimate of drug-likeness (QED) is 0.885. The molecule has 1 N–H and O–H groups in total. The van der Waals surface area contributed by atoms with Crippen molar-refractivity contribution in [2.24, 2.45) is 0 Å². The summed E-state index contributed by atoms with van der Waals surface area (Å²) in [5.41, 5.74) is 3.38. The van der Waals surface area contributed by atoms with Gasteiger partial charge in [0.1, 0.15) is 0 Å². The van der Waals surface area contributed by atoms with Crippen molar-refractivity contribution >= 4 is 17.3 Å². The van der Waals surface area contributed by atoms with Crippen LogP contribution in [0, 0.1) is 0 Å². The maximum absolute atomic E-state index is 12.3. The minimum atomic E-state index is 0.0778. The predicted octanol–water partition coefficient (Wildman–Crippen LogP) is 4.45. The van der Waals surface area contributed by atoms with Crippen molar-refractivity contribution in [3.8, 4) is 0 Å². The molecule has 0 aliphatic rings. The molecule has 0 fully saturated rings. The molecule has 1 amide bonds. The molecule has 0 aliphatic carbocycles. The highest BCUT2D eigenvalue weighted by Crippen LogP contribution is 2.29. The lowest BCUT2D eigenvalue weighted by molar-refractivity contribution is -0.118. The average molecular weight is 310 g/mol. The second-order valence-electron chi connectivity index (χ2n) is 6.76. The van der Waals surface area contributed by atoms with Crippen molar-refractivity contribution in [1.82, 2.24) is 0 Å². The summed E-state index contributed by atoms with van der Waals surface area (Å²) < 4.78 is 0. The van der Waals surface area contributed by atoms with Gasteiger partial charge in [-0.3, -0.25) is 4.79 Å². The molecule has 0 spiro atoms. The Balaban J connectivity index is 1.94. The van der Waals surface area contributed by atoms with Gasteiger partial charge in [0.05, 0.1) is 0 Å². The normalized spacial score (nSPS) is 11.1. The first-order chi connectivity index (χ1) is 10.9. The Morgan fingerprint density at radius 3 is 2.26 bits per heavy atom. The number of amides is 1. The zero-order chi connectivity index (χ0) is 16.9. The summed E-state index contributed by atoms with van der Waals surface area (Å²) in [6, 6.07) is 18.0. The molecule has 2 aromatic carbocycles. The number of para-hydroxylation sites is 2. The van der Waals surface area contributed by atoms with E-state index in [1.54, 1.807) is 4.90 Å². The number of nitrogens with one attached hydrogen (secondary N) is 1. The smallest absolute Gasteiger partial charge is 0.228 e. The van der Waals surface area contributed by atoms with E-state index >= 15 is 0 Å². The van der Waals surface area contributed by atoms with Gasteiger partial charge < -0.3 is 10.2 Å². The van der Waals surface area contributed by atoms with Crippen molar-refractivity contribution in [2.75, 3.05) is 23.8 Å². The fraction of sp³-hybridized carbons (Fsp3) is 0.350. The molecule has 0 heterocycles. The van der Waals surface area contributed by atoms with Crippen LogP contribution in [0.5, 0.6) is 0 Å². The molecule has 0 unspecified atom stereocenters. The van der Waals surface area contributed by atoms with Gasteiger partial charge >= 0.3 is 0 Å². The van der Waals surface area contributed by atoms with Gasteiger partial charge in [0.25, 0.3) is 0 Å². The summed E-state index contributed by atoms with van der Waals surface area (Å²) in [4.78, 5) is 14.0. The molecular weight excluding hydrogens is 284 g/mol. The number of carbonyl (C=O) groups excluding carboxylic acids is 1. The van der Waals surface area contributed by atoms with Gasteiger partial charge in [-0.1, -0.05) is 57.2 Å². The molecule has 3 nitrogen and oxygen atoms in total. The topological polar surface area (TPSA) is 32.3 Å². The molecule has 0 saturated carbocycles. The van der Waals surface area contributed by atoms with Crippen LogP contribution in [0.1, 0.15) is 32.8 Å². The van der Waals surface area contributed by atoms with E-state index in [4.69, 9.17) is 0 Å². The van der Waals surface area contributed by atoms with Crippen LogP contribution in [-0.2, 0) is 10.2 Å². The number of nitrogens with zero attached hydrogens (tertiary/aromatic N) is 1. The lowest BCUT2D eigenvalue weighted by atomic mass is 9.86. The first-order valence-corrected chi connectivity index (χ1v) is 8.04. The molecule has 3 heteroatoms. The Bertz CT molecular complexity index is 644. The number of carbonyl (C=O) groups is 1. The fourth-order valence-corrected chi connectivity index (χ4v) is 2.56. The third kappa shape index (κ3) is 4.59. The van der Waals surface area contributed by atoms with Gasteiger partial charge in [-0.15, -0.1) is 0 Å². The zero-order valence-electron chi connectivity index (χ0n) is 14.5. The van der Waals surface area contributed by atoms with Crippen LogP contribution in [0.4, 0.5) is 11.4 Å². The van der Waals surface area contributed by atoms with Crippen molar-refractivity contribution in [1.29, 1.82) is 0 Å². The van der Waals surface area contributed by atoms with Crippen molar-refractivity contribution < 1.29 is 4.79 Å². The van der Waals surface area contributed by atoms with Crippen LogP contribution in [0.25, 0.3) is 0 Å². The van der Waals surface area contributed by atoms with E-state index in [0.29, 0.717) is 13.0 Å². The summed E-state index contributed by atoms with van der Waals surface area (Å²) >= 11 is 0. The average Bonchev–Trinajstić information content (AvgIpc) is 2.54. The van der Waals surface area contributed by atoms with Crippen LogP contribution in [0.2, 0.25) is 0 Å². The van der Waals surface area contributed by atoms with Crippen LogP contribution in [-0.4, -0.2) is 19.5 Å². The molecule has 0 aliphatic heterocycles. The second-order valence-corrected chi connectivity index (χ2v) is 6.76. The number of rotatable bonds is 5. The second kappa shape index (κ2) is 7.32. The van der Waals surface area contributed by atoms with Gasteiger partial charge in [-0.25, -0.2) is 0 Å². The molecule has 2 aromatic rings. The molecule has 0 aromatic heterocycles. The molecule has 0 atom stereocenters. The molecule has 2 rings (SSSR count). The Morgan fingerprint density at radius 2 is 1.61 bits per heavy atom. The summed E-state index contributed by atoms with van der Waals surface area (Å²) in [5.74, 6) is 0.108. The zero-order valence-corrected chi connectivity index (χ0v) is 14.5. The third-order valence-electron chi connectivity index (χ3n) is 3.91. The van der Waals surface area contributed by atoms with E-state index in [1.807, 2.05) is 43.4 Å². The van der Waals surface area contributed by atoms with Crippen molar-refractivity contribution in [3.05, 3.63) is 60.2 Å². The summed E-state index contributed by atoms with van der Waals surface area (Å²) in [5, 5.41) is 3.41. The minimum Gasteiger partial charge on any atom is -0.384 e. The molecular formula is C20H26N2O. The molecule has 0 saturated heterocycles. The number of hydrogen-bond acceptors (Lipinski definition) is 2. The summed E-state index contributed by atoms with van der Waals surface area (Å²) in [7, 11) is 1.82. The minimum absolute atomic E-state index is 0.0778. The van der Waals surface area contributed by atoms with Crippen LogP contribution >= 0.6 is 0 Å². The maximum Gasteiger partial charge on any atom is 0.228 e. The lowest BCUT2D eigenvalue weighted by Gasteiger charge is -2.23. The largest absolute Gasteiger partial charge is 0.384 e. The van der Waals surface area contributed by atoms with Gasteiger partial charge in [0.2, 0.25) is 5.91 Å². The Kier molecular flexibility index (Phi) is 5.43. The van der Waals surface area contributed by atoms with E-state index in [-0.39, 0.29) is 11.3 Å². The maximum atomic E-state index is 12.3. The third-order valence-corrected chi connectivity index (χ3v) is 3.91. The van der Waals surface area contributed by atoms with E-state index in [1.165, 1.54) is 5.56 Å². The molecule has 0 radical (unpaired) electrons. The van der Waals surface area contributed by atoms with Gasteiger partial charge in [0, 0.05) is 31.4 Å². The SMILES string of the molecule is CN(C(=O)CCNc1ccccc1C(C)(C)C)c1ccccc1. The Labute approximate surface area is 139 Å². The number of benzene rings is 2. The van der Waals surface area contributed by atoms with Crippen LogP contribution < -0.4 is 10.2 Å². The Morgan fingerprint density at radius 1 is 1.00 bits per heavy atom. The Hall–Kier alpha value is -2.29. The van der Waals surface area contributed by atoms with E-state index in [9.17, 15) is 4.79 Å². The monoisotopic (exact) mass is 310 g/mol. The van der Waals surface area contributed by atoms with Crippen LogP contribution in [0.3, 0.4) is 0 Å². The van der Waals surface area contributed by atoms with Gasteiger partial charge in [-0.05, 0) is 29.2 Å². The predicted molar refractivity (Wildman–Crippen MR) is 98.1 cm³/mol. The van der Waals surface area contributed by atoms with E-state index in [0.717, 1.165) is 11.4 Å². The molecule has 122 valence electrons.